The fourth-order valence-corrected chi connectivity index (χ4v) is 1.94. The Balaban J connectivity index is 3.08. The average molecular weight is 321 g/mol. The summed E-state index contributed by atoms with van der Waals surface area (Å²) in [6, 6.07) is 1.57. The summed E-state index contributed by atoms with van der Waals surface area (Å²) in [5.74, 6) is -0.611. The smallest absolute Gasteiger partial charge is 0.222 e. The van der Waals surface area contributed by atoms with E-state index in [1.807, 2.05) is 20.8 Å². The quantitative estimate of drug-likeness (QED) is 0.477. The molecule has 0 radical (unpaired) electrons. The van der Waals surface area contributed by atoms with E-state index in [9.17, 15) is 8.94 Å². The third-order valence-electron chi connectivity index (χ3n) is 1.94. The minimum atomic E-state index is -1.40. The Bertz CT molecular complexity index is 446. The lowest BCUT2D eigenvalue weighted by Crippen LogP contribution is -2.26. The monoisotopic (exact) mass is 320 g/mol. The van der Waals surface area contributed by atoms with Gasteiger partial charge in [0.15, 0.2) is 0 Å². The summed E-state index contributed by atoms with van der Waals surface area (Å²) in [6.45, 7) is 7.07. The zero-order valence-corrected chi connectivity index (χ0v) is 12.5. The van der Waals surface area contributed by atoms with E-state index >= 15 is 0 Å². The zero-order valence-electron chi connectivity index (χ0n) is 10.1. The Kier molecular flexibility index (Phi) is 4.69. The molecule has 0 amide bonds. The zero-order chi connectivity index (χ0) is 13.2. The molecule has 17 heavy (non-hydrogen) atoms. The van der Waals surface area contributed by atoms with Crippen LogP contribution in [0, 0.1) is 5.95 Å². The molecule has 1 heterocycles. The molecule has 3 nitrogen and oxygen atoms in total. The topological polar surface area (TPSA) is 48.3 Å². The Morgan fingerprint density at radius 2 is 2.12 bits per heavy atom. The molecular formula is C11H14BrFN2OS. The van der Waals surface area contributed by atoms with Crippen LogP contribution in [0.2, 0.25) is 0 Å². The van der Waals surface area contributed by atoms with Crippen LogP contribution in [0.15, 0.2) is 21.1 Å². The summed E-state index contributed by atoms with van der Waals surface area (Å²) in [5.41, 5.74) is 0.640. The molecule has 0 saturated heterocycles. The lowest BCUT2D eigenvalue weighted by atomic mass is 10.2. The summed E-state index contributed by atoms with van der Waals surface area (Å²) in [7, 11) is 0. The van der Waals surface area contributed by atoms with Gasteiger partial charge in [-0.2, -0.15) is 4.39 Å². The molecule has 1 aromatic heterocycles. The van der Waals surface area contributed by atoms with Crippen molar-refractivity contribution in [2.24, 2.45) is 4.40 Å². The van der Waals surface area contributed by atoms with Gasteiger partial charge in [0.25, 0.3) is 0 Å². The minimum Gasteiger partial charge on any atom is -0.591 e. The highest BCUT2D eigenvalue weighted by atomic mass is 79.9. The number of rotatable bonds is 2. The molecule has 1 rings (SSSR count). The molecule has 0 fully saturated rings. The van der Waals surface area contributed by atoms with E-state index in [4.69, 9.17) is 0 Å². The summed E-state index contributed by atoms with van der Waals surface area (Å²) >= 11 is 1.81. The summed E-state index contributed by atoms with van der Waals surface area (Å²) in [4.78, 5) is 3.58. The standard InChI is InChI=1S/C11H14BrFN2OS/c1-7(15-17(16)11(2,3)4)9-5-8(12)6-14-10(9)13/h5-6H,1-4H3/b15-7+/t17-/m1/s1. The highest BCUT2D eigenvalue weighted by molar-refractivity contribution is 9.10. The Hall–Kier alpha value is -0.460. The first-order valence-electron chi connectivity index (χ1n) is 5.00. The summed E-state index contributed by atoms with van der Waals surface area (Å²) < 4.78 is 29.5. The van der Waals surface area contributed by atoms with Gasteiger partial charge in [-0.15, -0.1) is 0 Å². The Morgan fingerprint density at radius 3 is 2.65 bits per heavy atom. The lowest BCUT2D eigenvalue weighted by molar-refractivity contribution is 0.561. The van der Waals surface area contributed by atoms with Crippen LogP contribution in [0.5, 0.6) is 0 Å². The van der Waals surface area contributed by atoms with Gasteiger partial charge in [-0.3, -0.25) is 0 Å². The van der Waals surface area contributed by atoms with Crippen LogP contribution in [-0.4, -0.2) is 20.0 Å². The van der Waals surface area contributed by atoms with Gasteiger partial charge in [0, 0.05) is 10.7 Å². The van der Waals surface area contributed by atoms with Crippen molar-refractivity contribution in [2.45, 2.75) is 32.4 Å². The van der Waals surface area contributed by atoms with Gasteiger partial charge >= 0.3 is 0 Å². The first-order chi connectivity index (χ1) is 7.71. The lowest BCUT2D eigenvalue weighted by Gasteiger charge is -2.18. The van der Waals surface area contributed by atoms with Crippen LogP contribution in [0.1, 0.15) is 33.3 Å². The third-order valence-corrected chi connectivity index (χ3v) is 3.86. The van der Waals surface area contributed by atoms with E-state index in [0.29, 0.717) is 10.2 Å². The van der Waals surface area contributed by atoms with Gasteiger partial charge in [-0.05, 0) is 49.7 Å². The van der Waals surface area contributed by atoms with E-state index in [0.717, 1.165) is 0 Å². The highest BCUT2D eigenvalue weighted by Gasteiger charge is 2.27. The van der Waals surface area contributed by atoms with Crippen molar-refractivity contribution in [1.82, 2.24) is 4.98 Å². The fourth-order valence-electron chi connectivity index (χ4n) is 0.987. The first kappa shape index (κ1) is 14.6. The number of pyridine rings is 1. The maximum absolute atomic E-state index is 13.5. The second-order valence-electron chi connectivity index (χ2n) is 4.53. The number of halogens is 2. The molecular weight excluding hydrogens is 307 g/mol. The van der Waals surface area contributed by atoms with Gasteiger partial charge in [0.05, 0.1) is 5.56 Å². The molecule has 0 aliphatic rings. The molecule has 0 aliphatic heterocycles. The number of hydrogen-bond donors (Lipinski definition) is 0. The van der Waals surface area contributed by atoms with Gasteiger partial charge in [-0.25, -0.2) is 4.98 Å². The van der Waals surface area contributed by atoms with Crippen molar-refractivity contribution in [3.8, 4) is 0 Å². The second-order valence-corrected chi connectivity index (χ2v) is 7.35. The molecule has 0 saturated carbocycles. The number of hydrogen-bond acceptors (Lipinski definition) is 3. The van der Waals surface area contributed by atoms with E-state index in [2.05, 4.69) is 25.3 Å². The molecule has 94 valence electrons. The second kappa shape index (κ2) is 5.46. The van der Waals surface area contributed by atoms with E-state index in [1.165, 1.54) is 6.20 Å². The molecule has 0 aromatic carbocycles. The van der Waals surface area contributed by atoms with Gasteiger partial charge < -0.3 is 4.55 Å². The van der Waals surface area contributed by atoms with Crippen molar-refractivity contribution < 1.29 is 8.94 Å². The van der Waals surface area contributed by atoms with Crippen molar-refractivity contribution in [3.63, 3.8) is 0 Å². The average Bonchev–Trinajstić information content (AvgIpc) is 2.20. The van der Waals surface area contributed by atoms with E-state index in [-0.39, 0.29) is 5.56 Å². The molecule has 0 aliphatic carbocycles. The maximum Gasteiger partial charge on any atom is 0.222 e. The van der Waals surface area contributed by atoms with Crippen LogP contribution < -0.4 is 0 Å². The molecule has 0 unspecified atom stereocenters. The van der Waals surface area contributed by atoms with Crippen molar-refractivity contribution in [2.75, 3.05) is 0 Å². The van der Waals surface area contributed by atoms with Gasteiger partial charge in [-0.1, -0.05) is 4.40 Å². The minimum absolute atomic E-state index is 0.261. The molecule has 6 heteroatoms. The van der Waals surface area contributed by atoms with Crippen LogP contribution in [-0.2, 0) is 11.4 Å². The maximum atomic E-state index is 13.5. The van der Waals surface area contributed by atoms with E-state index in [1.54, 1.807) is 13.0 Å². The molecule has 1 atom stereocenters. The first-order valence-corrected chi connectivity index (χ1v) is 6.90. The SMILES string of the molecule is C/C(=N\[S@+]([O-])C(C)(C)C)c1cc(Br)cnc1F. The molecule has 0 bridgehead atoms. The van der Waals surface area contributed by atoms with E-state index < -0.39 is 22.1 Å². The molecule has 0 spiro atoms. The predicted octanol–water partition coefficient (Wildman–Crippen LogP) is 3.25. The highest BCUT2D eigenvalue weighted by Crippen LogP contribution is 2.20. The summed E-state index contributed by atoms with van der Waals surface area (Å²) in [6.07, 6.45) is 1.37. The van der Waals surface area contributed by atoms with Crippen LogP contribution in [0.25, 0.3) is 0 Å². The molecule has 1 aromatic rings. The van der Waals surface area contributed by atoms with Crippen molar-refractivity contribution >= 4 is 33.0 Å². The van der Waals surface area contributed by atoms with Crippen LogP contribution >= 0.6 is 15.9 Å². The fraction of sp³-hybridized carbons (Fsp3) is 0.455. The predicted molar refractivity (Wildman–Crippen MR) is 72.0 cm³/mol. The van der Waals surface area contributed by atoms with Crippen molar-refractivity contribution in [1.29, 1.82) is 0 Å². The van der Waals surface area contributed by atoms with Crippen molar-refractivity contribution in [3.05, 3.63) is 28.2 Å². The number of nitrogens with zero attached hydrogens (tertiary/aromatic N) is 2. The molecule has 0 N–H and O–H groups in total. The summed E-state index contributed by atoms with van der Waals surface area (Å²) in [5, 5.41) is 0. The Morgan fingerprint density at radius 1 is 1.53 bits per heavy atom. The van der Waals surface area contributed by atoms with Gasteiger partial charge in [0.1, 0.15) is 21.8 Å². The van der Waals surface area contributed by atoms with Crippen LogP contribution in [0.4, 0.5) is 4.39 Å². The largest absolute Gasteiger partial charge is 0.591 e. The van der Waals surface area contributed by atoms with Gasteiger partial charge in [0.2, 0.25) is 5.95 Å². The third kappa shape index (κ3) is 4.04. The Labute approximate surface area is 112 Å². The van der Waals surface area contributed by atoms with Crippen LogP contribution in [0.3, 0.4) is 0 Å². The normalized spacial score (nSPS) is 14.9. The number of aromatic nitrogens is 1.